The summed E-state index contributed by atoms with van der Waals surface area (Å²) in [5, 5.41) is 8.86. The zero-order valence-corrected chi connectivity index (χ0v) is 8.44. The Bertz CT molecular complexity index is 347. The van der Waals surface area contributed by atoms with Gasteiger partial charge in [-0.15, -0.1) is 0 Å². The topological polar surface area (TPSA) is 59.4 Å². The SMILES string of the molecule is COc1ccc(C(C)C)nc1C(=O)O. The van der Waals surface area contributed by atoms with Crippen LogP contribution in [0.15, 0.2) is 12.1 Å². The van der Waals surface area contributed by atoms with Gasteiger partial charge in [0.2, 0.25) is 0 Å². The van der Waals surface area contributed by atoms with E-state index in [0.717, 1.165) is 5.69 Å². The van der Waals surface area contributed by atoms with Gasteiger partial charge in [0.25, 0.3) is 0 Å². The van der Waals surface area contributed by atoms with Gasteiger partial charge in [-0.3, -0.25) is 0 Å². The molecule has 0 radical (unpaired) electrons. The highest BCUT2D eigenvalue weighted by atomic mass is 16.5. The van der Waals surface area contributed by atoms with Gasteiger partial charge in [-0.05, 0) is 18.1 Å². The van der Waals surface area contributed by atoms with Crippen molar-refractivity contribution in [3.05, 3.63) is 23.5 Å². The van der Waals surface area contributed by atoms with Crippen molar-refractivity contribution in [1.29, 1.82) is 0 Å². The average molecular weight is 195 g/mol. The Morgan fingerprint density at radius 1 is 1.50 bits per heavy atom. The number of aromatic carboxylic acids is 1. The molecule has 1 N–H and O–H groups in total. The first-order valence-electron chi connectivity index (χ1n) is 4.34. The fourth-order valence-corrected chi connectivity index (χ4v) is 1.10. The molecule has 0 fully saturated rings. The number of hydrogen-bond acceptors (Lipinski definition) is 3. The van der Waals surface area contributed by atoms with E-state index in [9.17, 15) is 4.79 Å². The molecule has 0 aliphatic carbocycles. The maximum Gasteiger partial charge on any atom is 0.358 e. The third-order valence-corrected chi connectivity index (χ3v) is 1.89. The smallest absolute Gasteiger partial charge is 0.358 e. The fraction of sp³-hybridized carbons (Fsp3) is 0.400. The van der Waals surface area contributed by atoms with E-state index in [1.807, 2.05) is 13.8 Å². The third-order valence-electron chi connectivity index (χ3n) is 1.89. The van der Waals surface area contributed by atoms with Crippen LogP contribution in [-0.4, -0.2) is 23.2 Å². The minimum absolute atomic E-state index is 0.0290. The first kappa shape index (κ1) is 10.5. The standard InChI is InChI=1S/C10H13NO3/c1-6(2)7-4-5-8(14-3)9(11-7)10(12)13/h4-6H,1-3H3,(H,12,13). The molecule has 1 aromatic heterocycles. The molecule has 0 atom stereocenters. The number of nitrogens with zero attached hydrogens (tertiary/aromatic N) is 1. The average Bonchev–Trinajstić information content (AvgIpc) is 2.16. The zero-order chi connectivity index (χ0) is 10.7. The van der Waals surface area contributed by atoms with Crippen LogP contribution in [0.5, 0.6) is 5.75 Å². The summed E-state index contributed by atoms with van der Waals surface area (Å²) in [6, 6.07) is 3.40. The molecule has 0 amide bonds. The summed E-state index contributed by atoms with van der Waals surface area (Å²) in [6.45, 7) is 3.92. The number of carbonyl (C=O) groups is 1. The van der Waals surface area contributed by atoms with Gasteiger partial charge in [0.05, 0.1) is 7.11 Å². The minimum Gasteiger partial charge on any atom is -0.494 e. The second-order valence-corrected chi connectivity index (χ2v) is 3.25. The van der Waals surface area contributed by atoms with E-state index >= 15 is 0 Å². The van der Waals surface area contributed by atoms with E-state index in [4.69, 9.17) is 9.84 Å². The first-order chi connectivity index (χ1) is 6.56. The molecule has 1 aromatic rings. The first-order valence-corrected chi connectivity index (χ1v) is 4.34. The maximum absolute atomic E-state index is 10.8. The number of carboxylic acids is 1. The molecule has 0 saturated heterocycles. The van der Waals surface area contributed by atoms with Gasteiger partial charge in [0.1, 0.15) is 0 Å². The second kappa shape index (κ2) is 4.09. The predicted octanol–water partition coefficient (Wildman–Crippen LogP) is 1.91. The van der Waals surface area contributed by atoms with Crippen LogP contribution in [0, 0.1) is 0 Å². The highest BCUT2D eigenvalue weighted by molar-refractivity contribution is 5.88. The quantitative estimate of drug-likeness (QED) is 0.800. The molecule has 0 aliphatic rings. The molecule has 4 nitrogen and oxygen atoms in total. The Balaban J connectivity index is 3.21. The number of ether oxygens (including phenoxy) is 1. The Labute approximate surface area is 82.5 Å². The summed E-state index contributed by atoms with van der Waals surface area (Å²) in [4.78, 5) is 14.8. The van der Waals surface area contributed by atoms with Gasteiger partial charge < -0.3 is 9.84 Å². The molecule has 0 aromatic carbocycles. The summed E-state index contributed by atoms with van der Waals surface area (Å²) >= 11 is 0. The number of aromatic nitrogens is 1. The van der Waals surface area contributed by atoms with Crippen LogP contribution in [0.3, 0.4) is 0 Å². The lowest BCUT2D eigenvalue weighted by Gasteiger charge is -2.08. The summed E-state index contributed by atoms with van der Waals surface area (Å²) in [7, 11) is 1.43. The summed E-state index contributed by atoms with van der Waals surface area (Å²) in [6.07, 6.45) is 0. The van der Waals surface area contributed by atoms with Crippen molar-refractivity contribution >= 4 is 5.97 Å². The van der Waals surface area contributed by atoms with Gasteiger partial charge in [0, 0.05) is 5.69 Å². The van der Waals surface area contributed by atoms with Crippen LogP contribution in [0.25, 0.3) is 0 Å². The molecule has 0 aliphatic heterocycles. The number of methoxy groups -OCH3 is 1. The van der Waals surface area contributed by atoms with Crippen molar-refractivity contribution < 1.29 is 14.6 Å². The van der Waals surface area contributed by atoms with Gasteiger partial charge in [0.15, 0.2) is 11.4 Å². The number of rotatable bonds is 3. The van der Waals surface area contributed by atoms with Gasteiger partial charge in [-0.2, -0.15) is 0 Å². The lowest BCUT2D eigenvalue weighted by molar-refractivity contribution is 0.0686. The fourth-order valence-electron chi connectivity index (χ4n) is 1.10. The van der Waals surface area contributed by atoms with E-state index in [1.54, 1.807) is 12.1 Å². The number of carboxylic acid groups (broad SMARTS) is 1. The summed E-state index contributed by atoms with van der Waals surface area (Å²) < 4.78 is 4.90. The van der Waals surface area contributed by atoms with Crippen LogP contribution in [0.4, 0.5) is 0 Å². The molecule has 1 rings (SSSR count). The monoisotopic (exact) mass is 195 g/mol. The van der Waals surface area contributed by atoms with Crippen molar-refractivity contribution in [1.82, 2.24) is 4.98 Å². The summed E-state index contributed by atoms with van der Waals surface area (Å²) in [5.74, 6) is -0.565. The minimum atomic E-state index is -1.07. The molecule has 14 heavy (non-hydrogen) atoms. The Morgan fingerprint density at radius 3 is 2.57 bits per heavy atom. The van der Waals surface area contributed by atoms with E-state index in [1.165, 1.54) is 7.11 Å². The molecular weight excluding hydrogens is 182 g/mol. The zero-order valence-electron chi connectivity index (χ0n) is 8.44. The van der Waals surface area contributed by atoms with Crippen LogP contribution in [0.2, 0.25) is 0 Å². The van der Waals surface area contributed by atoms with Crippen LogP contribution in [-0.2, 0) is 0 Å². The number of pyridine rings is 1. The lowest BCUT2D eigenvalue weighted by Crippen LogP contribution is -2.06. The maximum atomic E-state index is 10.8. The van der Waals surface area contributed by atoms with Crippen molar-refractivity contribution in [3.8, 4) is 5.75 Å². The van der Waals surface area contributed by atoms with Gasteiger partial charge >= 0.3 is 5.97 Å². The Morgan fingerprint density at radius 2 is 2.14 bits per heavy atom. The van der Waals surface area contributed by atoms with Crippen molar-refractivity contribution in [3.63, 3.8) is 0 Å². The van der Waals surface area contributed by atoms with Crippen LogP contribution < -0.4 is 4.74 Å². The van der Waals surface area contributed by atoms with Gasteiger partial charge in [-0.25, -0.2) is 9.78 Å². The van der Waals surface area contributed by atoms with Crippen molar-refractivity contribution in [2.24, 2.45) is 0 Å². The van der Waals surface area contributed by atoms with Crippen LogP contribution >= 0.6 is 0 Å². The Kier molecular flexibility index (Phi) is 3.06. The molecule has 0 unspecified atom stereocenters. The molecule has 76 valence electrons. The van der Waals surface area contributed by atoms with E-state index in [-0.39, 0.29) is 11.6 Å². The number of hydrogen-bond donors (Lipinski definition) is 1. The summed E-state index contributed by atoms with van der Waals surface area (Å²) in [5.41, 5.74) is 0.724. The lowest BCUT2D eigenvalue weighted by atomic mass is 10.1. The predicted molar refractivity (Wildman–Crippen MR) is 51.8 cm³/mol. The molecule has 4 heteroatoms. The Hall–Kier alpha value is -1.58. The van der Waals surface area contributed by atoms with Crippen molar-refractivity contribution in [2.45, 2.75) is 19.8 Å². The molecule has 0 bridgehead atoms. The van der Waals surface area contributed by atoms with Gasteiger partial charge in [-0.1, -0.05) is 13.8 Å². The molecule has 0 spiro atoms. The second-order valence-electron chi connectivity index (χ2n) is 3.25. The van der Waals surface area contributed by atoms with Crippen LogP contribution in [0.1, 0.15) is 35.9 Å². The highest BCUT2D eigenvalue weighted by Gasteiger charge is 2.14. The van der Waals surface area contributed by atoms with E-state index in [0.29, 0.717) is 5.75 Å². The molecule has 1 heterocycles. The third kappa shape index (κ3) is 2.02. The largest absolute Gasteiger partial charge is 0.494 e. The van der Waals surface area contributed by atoms with E-state index < -0.39 is 5.97 Å². The van der Waals surface area contributed by atoms with E-state index in [2.05, 4.69) is 4.98 Å². The normalized spacial score (nSPS) is 10.3. The highest BCUT2D eigenvalue weighted by Crippen LogP contribution is 2.20. The molecule has 0 saturated carbocycles. The molecular formula is C10H13NO3. The van der Waals surface area contributed by atoms with Crippen molar-refractivity contribution in [2.75, 3.05) is 7.11 Å².